The molecule has 3 aromatic carbocycles. The Morgan fingerprint density at radius 2 is 1.81 bits per heavy atom. The molecule has 0 unspecified atom stereocenters. The number of nitrogens with zero attached hydrogens (tertiary/aromatic N) is 1. The van der Waals surface area contributed by atoms with Gasteiger partial charge >= 0.3 is 0 Å². The van der Waals surface area contributed by atoms with Crippen molar-refractivity contribution in [3.05, 3.63) is 82.3 Å². The number of carbonyl (C=O) groups is 1. The highest BCUT2D eigenvalue weighted by Gasteiger charge is 2.11. The monoisotopic (exact) mass is 422 g/mol. The standard InChI is InChI=1S/C21H15BrN2OS/c1-13-6-7-15(21-24-17-4-2-3-5-19(17)26-21)12-18(13)23-20(25)14-8-10-16(22)11-9-14/h2-12H,1H3,(H,23,25). The van der Waals surface area contributed by atoms with Crippen molar-refractivity contribution in [2.24, 2.45) is 0 Å². The molecule has 3 nitrogen and oxygen atoms in total. The molecule has 0 fully saturated rings. The summed E-state index contributed by atoms with van der Waals surface area (Å²) in [4.78, 5) is 17.2. The lowest BCUT2D eigenvalue weighted by atomic mass is 10.1. The molecule has 0 saturated carbocycles. The second-order valence-corrected chi connectivity index (χ2v) is 7.92. The molecular weight excluding hydrogens is 408 g/mol. The van der Waals surface area contributed by atoms with Crippen LogP contribution in [0.3, 0.4) is 0 Å². The Balaban J connectivity index is 1.65. The third kappa shape index (κ3) is 3.41. The average Bonchev–Trinajstić information content (AvgIpc) is 3.08. The number of nitrogens with one attached hydrogen (secondary N) is 1. The minimum absolute atomic E-state index is 0.123. The van der Waals surface area contributed by atoms with Crippen molar-refractivity contribution >= 4 is 49.1 Å². The van der Waals surface area contributed by atoms with E-state index in [0.717, 1.165) is 36.5 Å². The number of fused-ring (bicyclic) bond motifs is 1. The largest absolute Gasteiger partial charge is 0.322 e. The number of carbonyl (C=O) groups excluding carboxylic acids is 1. The van der Waals surface area contributed by atoms with Crippen LogP contribution in [0.5, 0.6) is 0 Å². The van der Waals surface area contributed by atoms with Crippen LogP contribution in [0.4, 0.5) is 5.69 Å². The Morgan fingerprint density at radius 3 is 2.58 bits per heavy atom. The highest BCUT2D eigenvalue weighted by Crippen LogP contribution is 2.32. The number of aryl methyl sites for hydroxylation is 1. The summed E-state index contributed by atoms with van der Waals surface area (Å²) >= 11 is 5.04. The molecule has 1 amide bonds. The first-order valence-corrected chi connectivity index (χ1v) is 9.74. The first-order valence-electron chi connectivity index (χ1n) is 8.14. The van der Waals surface area contributed by atoms with Gasteiger partial charge in [-0.2, -0.15) is 0 Å². The number of rotatable bonds is 3. The smallest absolute Gasteiger partial charge is 0.255 e. The predicted octanol–water partition coefficient (Wildman–Crippen LogP) is 6.29. The molecule has 1 aromatic heterocycles. The molecule has 0 bridgehead atoms. The summed E-state index contributed by atoms with van der Waals surface area (Å²) in [6.45, 7) is 1.99. The maximum absolute atomic E-state index is 12.5. The normalized spacial score (nSPS) is 10.8. The number of para-hydroxylation sites is 1. The van der Waals surface area contributed by atoms with E-state index in [1.807, 2.05) is 55.5 Å². The van der Waals surface area contributed by atoms with Crippen molar-refractivity contribution in [1.82, 2.24) is 4.98 Å². The van der Waals surface area contributed by atoms with Gasteiger partial charge in [-0.15, -0.1) is 11.3 Å². The second kappa shape index (κ2) is 7.02. The van der Waals surface area contributed by atoms with Crippen LogP contribution in [0.25, 0.3) is 20.8 Å². The molecule has 0 radical (unpaired) electrons. The summed E-state index contributed by atoms with van der Waals surface area (Å²) in [7, 11) is 0. The molecule has 4 aromatic rings. The number of hydrogen-bond acceptors (Lipinski definition) is 3. The van der Waals surface area contributed by atoms with E-state index in [4.69, 9.17) is 4.98 Å². The van der Waals surface area contributed by atoms with Gasteiger partial charge in [0.05, 0.1) is 10.2 Å². The van der Waals surface area contributed by atoms with Crippen molar-refractivity contribution in [3.63, 3.8) is 0 Å². The van der Waals surface area contributed by atoms with Crippen LogP contribution in [-0.4, -0.2) is 10.9 Å². The Bertz CT molecular complexity index is 1070. The Labute approximate surface area is 163 Å². The van der Waals surface area contributed by atoms with Crippen molar-refractivity contribution < 1.29 is 4.79 Å². The molecule has 1 heterocycles. The SMILES string of the molecule is Cc1ccc(-c2nc3ccccc3s2)cc1NC(=O)c1ccc(Br)cc1. The number of thiazole rings is 1. The van der Waals surface area contributed by atoms with Gasteiger partial charge in [-0.05, 0) is 55.0 Å². The zero-order chi connectivity index (χ0) is 18.1. The van der Waals surface area contributed by atoms with E-state index in [0.29, 0.717) is 5.56 Å². The van der Waals surface area contributed by atoms with Crippen molar-refractivity contribution in [2.45, 2.75) is 6.92 Å². The van der Waals surface area contributed by atoms with E-state index in [2.05, 4.69) is 27.3 Å². The third-order valence-corrected chi connectivity index (χ3v) is 5.75. The molecule has 4 rings (SSSR count). The van der Waals surface area contributed by atoms with Crippen LogP contribution in [-0.2, 0) is 0 Å². The van der Waals surface area contributed by atoms with Gasteiger partial charge in [0, 0.05) is 21.3 Å². The van der Waals surface area contributed by atoms with Crippen molar-refractivity contribution in [1.29, 1.82) is 0 Å². The highest BCUT2D eigenvalue weighted by molar-refractivity contribution is 9.10. The summed E-state index contributed by atoms with van der Waals surface area (Å²) in [6.07, 6.45) is 0. The third-order valence-electron chi connectivity index (χ3n) is 4.13. The summed E-state index contributed by atoms with van der Waals surface area (Å²) in [5.74, 6) is -0.123. The van der Waals surface area contributed by atoms with Crippen LogP contribution >= 0.6 is 27.3 Å². The fourth-order valence-electron chi connectivity index (χ4n) is 2.68. The van der Waals surface area contributed by atoms with E-state index in [9.17, 15) is 4.79 Å². The first-order chi connectivity index (χ1) is 12.6. The van der Waals surface area contributed by atoms with Gasteiger partial charge < -0.3 is 5.32 Å². The second-order valence-electron chi connectivity index (χ2n) is 5.98. The van der Waals surface area contributed by atoms with E-state index in [1.54, 1.807) is 23.5 Å². The van der Waals surface area contributed by atoms with Gasteiger partial charge in [0.15, 0.2) is 0 Å². The van der Waals surface area contributed by atoms with Gasteiger partial charge in [0.25, 0.3) is 5.91 Å². The number of halogens is 1. The molecule has 0 spiro atoms. The minimum atomic E-state index is -0.123. The Hall–Kier alpha value is -2.50. The molecule has 0 aliphatic heterocycles. The minimum Gasteiger partial charge on any atom is -0.322 e. The molecule has 0 aliphatic rings. The zero-order valence-corrected chi connectivity index (χ0v) is 16.4. The van der Waals surface area contributed by atoms with E-state index >= 15 is 0 Å². The van der Waals surface area contributed by atoms with E-state index < -0.39 is 0 Å². The molecule has 26 heavy (non-hydrogen) atoms. The van der Waals surface area contributed by atoms with Crippen molar-refractivity contribution in [2.75, 3.05) is 5.32 Å². The predicted molar refractivity (Wildman–Crippen MR) is 112 cm³/mol. The van der Waals surface area contributed by atoms with Gasteiger partial charge in [-0.1, -0.05) is 40.2 Å². The van der Waals surface area contributed by atoms with E-state index in [-0.39, 0.29) is 5.91 Å². The highest BCUT2D eigenvalue weighted by atomic mass is 79.9. The van der Waals surface area contributed by atoms with Crippen LogP contribution < -0.4 is 5.32 Å². The maximum Gasteiger partial charge on any atom is 0.255 e. The molecule has 1 N–H and O–H groups in total. The number of amides is 1. The molecular formula is C21H15BrN2OS. The fourth-order valence-corrected chi connectivity index (χ4v) is 3.91. The number of aromatic nitrogens is 1. The fraction of sp³-hybridized carbons (Fsp3) is 0.0476. The average molecular weight is 423 g/mol. The number of hydrogen-bond donors (Lipinski definition) is 1. The molecule has 0 aliphatic carbocycles. The molecule has 0 atom stereocenters. The molecule has 0 saturated heterocycles. The van der Waals surface area contributed by atoms with Gasteiger partial charge in [-0.3, -0.25) is 4.79 Å². The lowest BCUT2D eigenvalue weighted by molar-refractivity contribution is 0.102. The van der Waals surface area contributed by atoms with E-state index in [1.165, 1.54) is 0 Å². The zero-order valence-electron chi connectivity index (χ0n) is 14.0. The Kier molecular flexibility index (Phi) is 4.57. The molecule has 5 heteroatoms. The quantitative estimate of drug-likeness (QED) is 0.421. The number of benzene rings is 3. The van der Waals surface area contributed by atoms with Crippen molar-refractivity contribution in [3.8, 4) is 10.6 Å². The lowest BCUT2D eigenvalue weighted by Crippen LogP contribution is -2.12. The van der Waals surface area contributed by atoms with Crippen LogP contribution in [0.15, 0.2) is 71.2 Å². The summed E-state index contributed by atoms with van der Waals surface area (Å²) < 4.78 is 2.10. The molecule has 128 valence electrons. The topological polar surface area (TPSA) is 42.0 Å². The van der Waals surface area contributed by atoms with Crippen LogP contribution in [0, 0.1) is 6.92 Å². The Morgan fingerprint density at radius 1 is 1.04 bits per heavy atom. The maximum atomic E-state index is 12.5. The lowest BCUT2D eigenvalue weighted by Gasteiger charge is -2.10. The van der Waals surface area contributed by atoms with Crippen LogP contribution in [0.1, 0.15) is 15.9 Å². The number of anilines is 1. The van der Waals surface area contributed by atoms with Gasteiger partial charge in [0.2, 0.25) is 0 Å². The van der Waals surface area contributed by atoms with Gasteiger partial charge in [-0.25, -0.2) is 4.98 Å². The summed E-state index contributed by atoms with van der Waals surface area (Å²) in [5.41, 5.74) is 4.43. The van der Waals surface area contributed by atoms with Gasteiger partial charge in [0.1, 0.15) is 5.01 Å². The first kappa shape index (κ1) is 16.9. The summed E-state index contributed by atoms with van der Waals surface area (Å²) in [5, 5.41) is 3.96. The van der Waals surface area contributed by atoms with Crippen LogP contribution in [0.2, 0.25) is 0 Å². The summed E-state index contributed by atoms with van der Waals surface area (Å²) in [6, 6.07) is 21.5.